The van der Waals surface area contributed by atoms with Gasteiger partial charge in [-0.1, -0.05) is 60.5 Å². The second-order valence-corrected chi connectivity index (χ2v) is 13.1. The fourth-order valence-electron chi connectivity index (χ4n) is 5.68. The lowest BCUT2D eigenvalue weighted by Gasteiger charge is -2.42. The van der Waals surface area contributed by atoms with Crippen molar-refractivity contribution >= 4 is 7.60 Å². The summed E-state index contributed by atoms with van der Waals surface area (Å²) in [5.41, 5.74) is 0.353. The van der Waals surface area contributed by atoms with Gasteiger partial charge in [0.05, 0.1) is 17.9 Å². The fourth-order valence-corrected chi connectivity index (χ4v) is 7.68. The maximum atomic E-state index is 14.5. The van der Waals surface area contributed by atoms with Crippen LogP contribution < -0.4 is 0 Å². The van der Waals surface area contributed by atoms with Gasteiger partial charge in [0.25, 0.3) is 0 Å². The molecule has 182 valence electrons. The molecule has 0 unspecified atom stereocenters. The van der Waals surface area contributed by atoms with Crippen molar-refractivity contribution in [3.63, 3.8) is 0 Å². The largest absolute Gasteiger partial charge is 0.375 e. The molecule has 2 saturated carbocycles. The van der Waals surface area contributed by atoms with Crippen molar-refractivity contribution in [3.05, 3.63) is 30.1 Å². The molecule has 2 aliphatic carbocycles. The fraction of sp³-hybridized carbons (Fsp3) is 0.808. The zero-order valence-electron chi connectivity index (χ0n) is 20.8. The van der Waals surface area contributed by atoms with Gasteiger partial charge >= 0.3 is 7.60 Å². The van der Waals surface area contributed by atoms with E-state index in [-0.39, 0.29) is 12.2 Å². The van der Waals surface area contributed by atoms with Crippen LogP contribution in [-0.2, 0) is 13.6 Å². The van der Waals surface area contributed by atoms with E-state index in [0.29, 0.717) is 41.2 Å². The number of aliphatic hydroxyl groups is 1. The van der Waals surface area contributed by atoms with Crippen molar-refractivity contribution in [1.29, 1.82) is 0 Å². The highest BCUT2D eigenvalue weighted by atomic mass is 31.2. The van der Waals surface area contributed by atoms with Gasteiger partial charge in [-0.15, -0.1) is 0 Å². The first-order valence-corrected chi connectivity index (χ1v) is 14.3. The molecule has 0 bridgehead atoms. The van der Waals surface area contributed by atoms with E-state index < -0.39 is 13.4 Å². The number of hydrogen-bond acceptors (Lipinski definition) is 5. The monoisotopic (exact) mass is 465 g/mol. The van der Waals surface area contributed by atoms with Crippen LogP contribution in [0.2, 0.25) is 0 Å². The Morgan fingerprint density at radius 1 is 0.906 bits per heavy atom. The molecule has 3 rings (SSSR count). The van der Waals surface area contributed by atoms with Crippen LogP contribution in [0.1, 0.15) is 91.6 Å². The van der Waals surface area contributed by atoms with Gasteiger partial charge in [0, 0.05) is 6.20 Å². The summed E-state index contributed by atoms with van der Waals surface area (Å²) in [4.78, 5) is 4.29. The molecule has 5 nitrogen and oxygen atoms in total. The van der Waals surface area contributed by atoms with Gasteiger partial charge in [0.2, 0.25) is 0 Å². The molecule has 7 atom stereocenters. The van der Waals surface area contributed by atoms with Crippen LogP contribution in [0.25, 0.3) is 0 Å². The van der Waals surface area contributed by atoms with E-state index >= 15 is 0 Å². The van der Waals surface area contributed by atoms with E-state index in [4.69, 9.17) is 9.05 Å². The number of aliphatic hydroxyl groups excluding tert-OH is 1. The van der Waals surface area contributed by atoms with Crippen LogP contribution >= 0.6 is 7.60 Å². The third kappa shape index (κ3) is 6.23. The van der Waals surface area contributed by atoms with Gasteiger partial charge in [0.15, 0.2) is 5.85 Å². The van der Waals surface area contributed by atoms with Crippen molar-refractivity contribution in [2.45, 2.75) is 98.1 Å². The maximum absolute atomic E-state index is 14.5. The molecule has 32 heavy (non-hydrogen) atoms. The zero-order chi connectivity index (χ0) is 23.5. The highest BCUT2D eigenvalue weighted by Crippen LogP contribution is 2.64. The average molecular weight is 466 g/mol. The summed E-state index contributed by atoms with van der Waals surface area (Å²) in [5, 5.41) is 11.3. The Balaban J connectivity index is 1.92. The lowest BCUT2D eigenvalue weighted by Crippen LogP contribution is -2.37. The highest BCUT2D eigenvalue weighted by molar-refractivity contribution is 7.54. The summed E-state index contributed by atoms with van der Waals surface area (Å²) in [6.45, 7) is 13.3. The van der Waals surface area contributed by atoms with Crippen LogP contribution in [0.5, 0.6) is 0 Å². The van der Waals surface area contributed by atoms with Crippen molar-refractivity contribution in [1.82, 2.24) is 4.98 Å². The highest BCUT2D eigenvalue weighted by Gasteiger charge is 2.46. The molecule has 0 saturated heterocycles. The van der Waals surface area contributed by atoms with E-state index in [2.05, 4.69) is 46.5 Å². The summed E-state index contributed by atoms with van der Waals surface area (Å²) in [5.74, 6) is 1.11. The zero-order valence-corrected chi connectivity index (χ0v) is 21.7. The Morgan fingerprint density at radius 3 is 1.81 bits per heavy atom. The number of pyridine rings is 1. The Hall–Kier alpha value is -0.740. The Kier molecular flexibility index (Phi) is 8.99. The molecule has 2 aliphatic rings. The standard InChI is InChI=1S/C26H44NO4P/c1-17(2)21-12-10-19(5)15-24(21)30-32(29,26(28)23-9-7-8-14-27-23)31-25-16-20(6)11-13-22(25)18(3)4/h7-9,14,17-22,24-26,28H,10-13,15-16H2,1-6H3/t19-,20-,21-,22-,24-,25-,26+/m1/s1. The van der Waals surface area contributed by atoms with Gasteiger partial charge in [-0.25, -0.2) is 0 Å². The predicted molar refractivity (Wildman–Crippen MR) is 129 cm³/mol. The molecule has 6 heteroatoms. The molecule has 1 heterocycles. The van der Waals surface area contributed by atoms with Crippen LogP contribution in [-0.4, -0.2) is 22.3 Å². The Bertz CT molecular complexity index is 717. The molecule has 1 aromatic heterocycles. The SMILES string of the molecule is CC(C)[C@H]1CC[C@@H](C)C[C@H]1OP(=O)(O[C@@H]1C[C@H](C)CC[C@@H]1C(C)C)[C@H](O)c1ccccn1. The lowest BCUT2D eigenvalue weighted by molar-refractivity contribution is -0.0156. The first-order chi connectivity index (χ1) is 15.1. The molecular weight excluding hydrogens is 421 g/mol. The molecule has 2 fully saturated rings. The summed E-state index contributed by atoms with van der Waals surface area (Å²) in [6.07, 6.45) is 7.37. The number of aromatic nitrogens is 1. The number of nitrogens with zero attached hydrogens (tertiary/aromatic N) is 1. The molecule has 0 spiro atoms. The topological polar surface area (TPSA) is 68.7 Å². The first-order valence-electron chi connectivity index (χ1n) is 12.7. The molecule has 0 amide bonds. The van der Waals surface area contributed by atoms with Crippen LogP contribution in [0.4, 0.5) is 0 Å². The lowest BCUT2D eigenvalue weighted by atomic mass is 9.75. The molecule has 0 aliphatic heterocycles. The molecule has 0 radical (unpaired) electrons. The average Bonchev–Trinajstić information content (AvgIpc) is 2.73. The van der Waals surface area contributed by atoms with E-state index in [1.54, 1.807) is 24.4 Å². The van der Waals surface area contributed by atoms with Crippen LogP contribution in [0.15, 0.2) is 24.4 Å². The van der Waals surface area contributed by atoms with Crippen molar-refractivity contribution in [2.75, 3.05) is 0 Å². The summed E-state index contributed by atoms with van der Waals surface area (Å²) in [6, 6.07) is 5.30. The van der Waals surface area contributed by atoms with Crippen LogP contribution in [0.3, 0.4) is 0 Å². The normalized spacial score (nSPS) is 32.9. The summed E-state index contributed by atoms with van der Waals surface area (Å²) >= 11 is 0. The minimum atomic E-state index is -3.88. The maximum Gasteiger partial charge on any atom is 0.365 e. The minimum absolute atomic E-state index is 0.179. The van der Waals surface area contributed by atoms with Gasteiger partial charge < -0.3 is 14.2 Å². The smallest absolute Gasteiger partial charge is 0.365 e. The predicted octanol–water partition coefficient (Wildman–Crippen LogP) is 7.22. The van der Waals surface area contributed by atoms with Crippen molar-refractivity contribution in [2.24, 2.45) is 35.5 Å². The third-order valence-corrected chi connectivity index (χ3v) is 9.73. The Labute approximate surface area is 195 Å². The van der Waals surface area contributed by atoms with Gasteiger partial charge in [0.1, 0.15) is 0 Å². The second kappa shape index (κ2) is 11.1. The van der Waals surface area contributed by atoms with Gasteiger partial charge in [-0.3, -0.25) is 9.55 Å². The van der Waals surface area contributed by atoms with E-state index in [1.807, 2.05) is 0 Å². The van der Waals surface area contributed by atoms with Crippen LogP contribution in [0, 0.1) is 35.5 Å². The quantitative estimate of drug-likeness (QED) is 0.410. The Morgan fingerprint density at radius 2 is 1.41 bits per heavy atom. The number of rotatable bonds is 8. The van der Waals surface area contributed by atoms with Crippen molar-refractivity contribution in [3.8, 4) is 0 Å². The third-order valence-electron chi connectivity index (χ3n) is 7.74. The molecular formula is C26H44NO4P. The molecule has 1 N–H and O–H groups in total. The van der Waals surface area contributed by atoms with E-state index in [0.717, 1.165) is 38.5 Å². The summed E-state index contributed by atoms with van der Waals surface area (Å²) in [7, 11) is -3.88. The molecule has 1 aromatic rings. The number of hydrogen-bond donors (Lipinski definition) is 1. The minimum Gasteiger partial charge on any atom is -0.375 e. The molecule has 0 aromatic carbocycles. The van der Waals surface area contributed by atoms with Gasteiger partial charge in [-0.05, 0) is 73.3 Å². The van der Waals surface area contributed by atoms with E-state index in [1.165, 1.54) is 0 Å². The van der Waals surface area contributed by atoms with Gasteiger partial charge in [-0.2, -0.15) is 0 Å². The first kappa shape index (κ1) is 25.9. The van der Waals surface area contributed by atoms with E-state index in [9.17, 15) is 9.67 Å². The summed E-state index contributed by atoms with van der Waals surface area (Å²) < 4.78 is 27.4. The second-order valence-electron chi connectivity index (χ2n) is 11.1. The van der Waals surface area contributed by atoms with Crippen molar-refractivity contribution < 1.29 is 18.7 Å².